The van der Waals surface area contributed by atoms with Crippen LogP contribution in [0.15, 0.2) is 0 Å². The van der Waals surface area contributed by atoms with E-state index in [0.29, 0.717) is 12.3 Å². The maximum Gasteiger partial charge on any atom is 0.190 e. The highest BCUT2D eigenvalue weighted by molar-refractivity contribution is 5.34. The van der Waals surface area contributed by atoms with E-state index in [9.17, 15) is 4.39 Å². The van der Waals surface area contributed by atoms with Crippen LogP contribution in [0.2, 0.25) is 0 Å². The summed E-state index contributed by atoms with van der Waals surface area (Å²) in [4.78, 5) is 0. The zero-order valence-corrected chi connectivity index (χ0v) is 7.46. The van der Waals surface area contributed by atoms with Crippen molar-refractivity contribution in [2.75, 3.05) is 12.3 Å². The Labute approximate surface area is 75.5 Å². The number of nitrogens with zero attached hydrogens (tertiary/aromatic N) is 2. The second kappa shape index (κ2) is 2.99. The van der Waals surface area contributed by atoms with Crippen LogP contribution in [0.1, 0.15) is 24.6 Å². The van der Waals surface area contributed by atoms with Crippen LogP contribution < -0.4 is 5.73 Å². The Morgan fingerprint density at radius 3 is 2.92 bits per heavy atom. The largest absolute Gasteiger partial charge is 0.381 e. The van der Waals surface area contributed by atoms with Crippen LogP contribution in [-0.4, -0.2) is 16.4 Å². The van der Waals surface area contributed by atoms with Crippen LogP contribution in [0.3, 0.4) is 0 Å². The van der Waals surface area contributed by atoms with Gasteiger partial charge in [0.1, 0.15) is 11.8 Å². The molecule has 1 unspecified atom stereocenters. The van der Waals surface area contributed by atoms with Crippen molar-refractivity contribution >= 4 is 5.82 Å². The van der Waals surface area contributed by atoms with Gasteiger partial charge in [-0.1, -0.05) is 0 Å². The molecule has 4 nitrogen and oxygen atoms in total. The Hall–Kier alpha value is -1.10. The summed E-state index contributed by atoms with van der Waals surface area (Å²) in [7, 11) is 1.62. The fourth-order valence-electron chi connectivity index (χ4n) is 1.53. The van der Waals surface area contributed by atoms with Gasteiger partial charge in [0, 0.05) is 13.7 Å². The summed E-state index contributed by atoms with van der Waals surface area (Å²) in [6.07, 6.45) is 1.58. The summed E-state index contributed by atoms with van der Waals surface area (Å²) in [5, 5.41) is 3.98. The van der Waals surface area contributed by atoms with Gasteiger partial charge >= 0.3 is 0 Å². The molecule has 0 aliphatic carbocycles. The summed E-state index contributed by atoms with van der Waals surface area (Å²) in [6, 6.07) is 0. The van der Waals surface area contributed by atoms with Crippen LogP contribution in [-0.2, 0) is 11.8 Å². The third-order valence-corrected chi connectivity index (χ3v) is 2.29. The molecule has 13 heavy (non-hydrogen) atoms. The highest BCUT2D eigenvalue weighted by atomic mass is 19.1. The maximum absolute atomic E-state index is 13.4. The zero-order chi connectivity index (χ0) is 9.42. The van der Waals surface area contributed by atoms with Gasteiger partial charge < -0.3 is 10.5 Å². The molecule has 0 amide bonds. The summed E-state index contributed by atoms with van der Waals surface area (Å²) < 4.78 is 20.0. The lowest BCUT2D eigenvalue weighted by atomic mass is 10.2. The van der Waals surface area contributed by atoms with E-state index in [1.165, 1.54) is 4.68 Å². The summed E-state index contributed by atoms with van der Waals surface area (Å²) in [6.45, 7) is 0.681. The molecule has 1 aromatic rings. The van der Waals surface area contributed by atoms with E-state index < -0.39 is 5.82 Å². The smallest absolute Gasteiger partial charge is 0.190 e. The predicted molar refractivity (Wildman–Crippen MR) is 45.5 cm³/mol. The van der Waals surface area contributed by atoms with Crippen LogP contribution in [0, 0.1) is 5.82 Å². The number of nitrogens with two attached hydrogens (primary N) is 1. The third kappa shape index (κ3) is 1.29. The lowest BCUT2D eigenvalue weighted by Gasteiger charge is -2.04. The van der Waals surface area contributed by atoms with E-state index in [2.05, 4.69) is 5.10 Å². The Balaban J connectivity index is 2.34. The molecule has 0 bridgehead atoms. The van der Waals surface area contributed by atoms with Crippen molar-refractivity contribution in [3.63, 3.8) is 0 Å². The van der Waals surface area contributed by atoms with Crippen molar-refractivity contribution in [1.82, 2.24) is 9.78 Å². The summed E-state index contributed by atoms with van der Waals surface area (Å²) in [5.41, 5.74) is 5.79. The minimum absolute atomic E-state index is 0.0745. The van der Waals surface area contributed by atoms with E-state index >= 15 is 0 Å². The first kappa shape index (κ1) is 8.50. The lowest BCUT2D eigenvalue weighted by Crippen LogP contribution is -2.00. The van der Waals surface area contributed by atoms with Crippen molar-refractivity contribution in [3.8, 4) is 0 Å². The first-order valence-corrected chi connectivity index (χ1v) is 4.29. The van der Waals surface area contributed by atoms with Crippen molar-refractivity contribution in [3.05, 3.63) is 11.5 Å². The fraction of sp³-hybridized carbons (Fsp3) is 0.625. The quantitative estimate of drug-likeness (QED) is 0.709. The van der Waals surface area contributed by atoms with Crippen molar-refractivity contribution in [2.24, 2.45) is 7.05 Å². The number of anilines is 1. The molecule has 2 rings (SSSR count). The Kier molecular flexibility index (Phi) is 1.95. The molecule has 2 N–H and O–H groups in total. The van der Waals surface area contributed by atoms with E-state index in [1.807, 2.05) is 0 Å². The second-order valence-electron chi connectivity index (χ2n) is 3.21. The van der Waals surface area contributed by atoms with Gasteiger partial charge in [0.05, 0.1) is 0 Å². The van der Waals surface area contributed by atoms with Gasteiger partial charge in [-0.2, -0.15) is 5.10 Å². The molecule has 1 fully saturated rings. The van der Waals surface area contributed by atoms with Crippen molar-refractivity contribution < 1.29 is 9.13 Å². The Bertz CT molecular complexity index is 317. The van der Waals surface area contributed by atoms with Crippen molar-refractivity contribution in [2.45, 2.75) is 18.9 Å². The van der Waals surface area contributed by atoms with Gasteiger partial charge in [0.15, 0.2) is 11.6 Å². The monoisotopic (exact) mass is 185 g/mol. The number of rotatable bonds is 1. The molecule has 1 aliphatic heterocycles. The number of hydrogen-bond acceptors (Lipinski definition) is 3. The van der Waals surface area contributed by atoms with E-state index in [1.54, 1.807) is 7.05 Å². The molecule has 0 radical (unpaired) electrons. The van der Waals surface area contributed by atoms with Crippen LogP contribution in [0.4, 0.5) is 10.2 Å². The minimum Gasteiger partial charge on any atom is -0.381 e. The third-order valence-electron chi connectivity index (χ3n) is 2.29. The summed E-state index contributed by atoms with van der Waals surface area (Å²) in [5.74, 6) is -0.361. The number of ether oxygens (including phenoxy) is 1. The highest BCUT2D eigenvalue weighted by Gasteiger charge is 2.26. The minimum atomic E-state index is -0.436. The molecular weight excluding hydrogens is 173 g/mol. The van der Waals surface area contributed by atoms with Gasteiger partial charge in [-0.05, 0) is 12.8 Å². The zero-order valence-electron chi connectivity index (χ0n) is 7.46. The molecule has 1 saturated heterocycles. The van der Waals surface area contributed by atoms with E-state index in [4.69, 9.17) is 10.5 Å². The fourth-order valence-corrected chi connectivity index (χ4v) is 1.53. The van der Waals surface area contributed by atoms with E-state index in [0.717, 1.165) is 12.8 Å². The molecular formula is C8H12FN3O. The number of hydrogen-bond donors (Lipinski definition) is 1. The molecule has 0 aromatic carbocycles. The van der Waals surface area contributed by atoms with Gasteiger partial charge in [0.2, 0.25) is 0 Å². The normalized spacial score (nSPS) is 22.5. The predicted octanol–water partition coefficient (Wildman–Crippen LogP) is 0.993. The van der Waals surface area contributed by atoms with Gasteiger partial charge in [-0.25, -0.2) is 4.39 Å². The Morgan fingerprint density at radius 1 is 1.69 bits per heavy atom. The molecule has 2 heterocycles. The molecule has 1 aliphatic rings. The molecule has 0 spiro atoms. The number of nitrogen functional groups attached to an aromatic ring is 1. The number of halogens is 1. The first-order chi connectivity index (χ1) is 6.20. The number of aryl methyl sites for hydroxylation is 1. The van der Waals surface area contributed by atoms with Crippen LogP contribution in [0.25, 0.3) is 0 Å². The average Bonchev–Trinajstić information content (AvgIpc) is 2.70. The van der Waals surface area contributed by atoms with Crippen molar-refractivity contribution in [1.29, 1.82) is 0 Å². The average molecular weight is 185 g/mol. The molecule has 72 valence electrons. The summed E-state index contributed by atoms with van der Waals surface area (Å²) >= 11 is 0. The Morgan fingerprint density at radius 2 is 2.46 bits per heavy atom. The molecule has 5 heteroatoms. The standard InChI is InChI=1S/C8H12FN3O/c1-12-8(10)6(9)7(11-12)5-3-2-4-13-5/h5H,2-4,10H2,1H3. The first-order valence-electron chi connectivity index (χ1n) is 4.29. The molecule has 0 saturated carbocycles. The second-order valence-corrected chi connectivity index (χ2v) is 3.21. The van der Waals surface area contributed by atoms with Crippen LogP contribution in [0.5, 0.6) is 0 Å². The van der Waals surface area contributed by atoms with Gasteiger partial charge in [0.25, 0.3) is 0 Å². The van der Waals surface area contributed by atoms with Gasteiger partial charge in [-0.3, -0.25) is 4.68 Å². The van der Waals surface area contributed by atoms with E-state index in [-0.39, 0.29) is 11.9 Å². The molecule has 1 atom stereocenters. The maximum atomic E-state index is 13.4. The SMILES string of the molecule is Cn1nc(C2CCCO2)c(F)c1N. The highest BCUT2D eigenvalue weighted by Crippen LogP contribution is 2.30. The lowest BCUT2D eigenvalue weighted by molar-refractivity contribution is 0.105. The number of aromatic nitrogens is 2. The van der Waals surface area contributed by atoms with Gasteiger partial charge in [-0.15, -0.1) is 0 Å². The topological polar surface area (TPSA) is 53.1 Å². The van der Waals surface area contributed by atoms with Crippen LogP contribution >= 0.6 is 0 Å². The molecule has 1 aromatic heterocycles.